The van der Waals surface area contributed by atoms with Gasteiger partial charge in [0.2, 0.25) is 0 Å². The summed E-state index contributed by atoms with van der Waals surface area (Å²) in [5.74, 6) is 5.49. The van der Waals surface area contributed by atoms with E-state index in [1.807, 2.05) is 7.05 Å². The topological polar surface area (TPSA) is 36.9 Å². The molecule has 136 valence electrons. The number of hydrogen-bond donors (Lipinski definition) is 1. The van der Waals surface area contributed by atoms with E-state index in [-0.39, 0.29) is 0 Å². The molecular weight excluding hydrogens is 310 g/mol. The van der Waals surface area contributed by atoms with Crippen molar-refractivity contribution < 1.29 is 4.74 Å². The lowest BCUT2D eigenvalue weighted by molar-refractivity contribution is 0.388. The van der Waals surface area contributed by atoms with Gasteiger partial charge in [0.05, 0.1) is 7.11 Å². The zero-order valence-electron chi connectivity index (χ0n) is 15.6. The van der Waals surface area contributed by atoms with Gasteiger partial charge >= 0.3 is 0 Å². The van der Waals surface area contributed by atoms with Gasteiger partial charge in [0, 0.05) is 32.6 Å². The van der Waals surface area contributed by atoms with Crippen molar-refractivity contribution in [1.82, 2.24) is 10.2 Å². The van der Waals surface area contributed by atoms with Crippen molar-refractivity contribution in [3.05, 3.63) is 29.8 Å². The molecule has 1 aliphatic heterocycles. The molecule has 3 aliphatic rings. The Morgan fingerprint density at radius 1 is 1.16 bits per heavy atom. The van der Waals surface area contributed by atoms with Crippen LogP contribution in [0.25, 0.3) is 0 Å². The van der Waals surface area contributed by atoms with E-state index in [1.54, 1.807) is 7.11 Å². The van der Waals surface area contributed by atoms with Crippen molar-refractivity contribution in [2.75, 3.05) is 33.8 Å². The first-order chi connectivity index (χ1) is 12.3. The van der Waals surface area contributed by atoms with E-state index in [9.17, 15) is 0 Å². The predicted octanol–water partition coefficient (Wildman–Crippen LogP) is 3.50. The molecule has 2 aliphatic carbocycles. The fraction of sp³-hybridized carbons (Fsp3) is 0.667. The van der Waals surface area contributed by atoms with Crippen LogP contribution in [0.2, 0.25) is 0 Å². The molecule has 1 aromatic carbocycles. The van der Waals surface area contributed by atoms with E-state index < -0.39 is 0 Å². The van der Waals surface area contributed by atoms with Gasteiger partial charge in [-0.05, 0) is 67.6 Å². The van der Waals surface area contributed by atoms with Gasteiger partial charge in [0.15, 0.2) is 5.96 Å². The monoisotopic (exact) mass is 341 g/mol. The van der Waals surface area contributed by atoms with Crippen LogP contribution < -0.4 is 10.1 Å². The highest BCUT2D eigenvalue weighted by Crippen LogP contribution is 2.48. The summed E-state index contributed by atoms with van der Waals surface area (Å²) in [5, 5.41) is 3.70. The Kier molecular flexibility index (Phi) is 4.87. The summed E-state index contributed by atoms with van der Waals surface area (Å²) in [7, 11) is 3.64. The van der Waals surface area contributed by atoms with Crippen molar-refractivity contribution in [3.8, 4) is 5.75 Å². The average Bonchev–Trinajstić information content (AvgIpc) is 3.59. The van der Waals surface area contributed by atoms with Crippen molar-refractivity contribution in [2.45, 2.75) is 38.0 Å². The molecule has 0 bridgehead atoms. The van der Waals surface area contributed by atoms with Gasteiger partial charge in [-0.25, -0.2) is 0 Å². The maximum Gasteiger partial charge on any atom is 0.193 e. The molecule has 1 aromatic rings. The molecule has 1 heterocycles. The summed E-state index contributed by atoms with van der Waals surface area (Å²) in [5.41, 5.74) is 1.41. The van der Waals surface area contributed by atoms with Crippen LogP contribution in [0.1, 0.15) is 43.6 Å². The molecule has 1 saturated heterocycles. The normalized spacial score (nSPS) is 24.0. The highest BCUT2D eigenvalue weighted by molar-refractivity contribution is 5.80. The second-order valence-corrected chi connectivity index (χ2v) is 7.97. The molecule has 1 unspecified atom stereocenters. The molecule has 0 aromatic heterocycles. The van der Waals surface area contributed by atoms with Crippen LogP contribution in [0.4, 0.5) is 0 Å². The summed E-state index contributed by atoms with van der Waals surface area (Å²) in [4.78, 5) is 7.00. The largest absolute Gasteiger partial charge is 0.497 e. The van der Waals surface area contributed by atoms with Gasteiger partial charge in [-0.3, -0.25) is 4.99 Å². The molecule has 2 saturated carbocycles. The Morgan fingerprint density at radius 2 is 1.84 bits per heavy atom. The number of hydrogen-bond acceptors (Lipinski definition) is 2. The summed E-state index contributed by atoms with van der Waals surface area (Å²) < 4.78 is 5.27. The van der Waals surface area contributed by atoms with Crippen LogP contribution in [0.5, 0.6) is 5.75 Å². The van der Waals surface area contributed by atoms with Crippen LogP contribution >= 0.6 is 0 Å². The maximum absolute atomic E-state index is 5.27. The molecule has 4 rings (SSSR count). The fourth-order valence-electron chi connectivity index (χ4n) is 4.41. The number of nitrogens with zero attached hydrogens (tertiary/aromatic N) is 2. The number of rotatable bonds is 6. The second kappa shape index (κ2) is 7.27. The fourth-order valence-corrected chi connectivity index (χ4v) is 4.41. The minimum atomic E-state index is 0.590. The number of methoxy groups -OCH3 is 1. The molecule has 25 heavy (non-hydrogen) atoms. The first-order valence-electron chi connectivity index (χ1n) is 9.88. The third-order valence-electron chi connectivity index (χ3n) is 6.24. The number of ether oxygens (including phenoxy) is 1. The first-order valence-corrected chi connectivity index (χ1v) is 9.88. The Morgan fingerprint density at radius 3 is 2.40 bits per heavy atom. The molecule has 0 amide bonds. The van der Waals surface area contributed by atoms with E-state index in [1.165, 1.54) is 37.7 Å². The number of guanidine groups is 1. The van der Waals surface area contributed by atoms with Gasteiger partial charge in [-0.1, -0.05) is 12.1 Å². The lowest BCUT2D eigenvalue weighted by Crippen LogP contribution is -2.42. The molecule has 0 spiro atoms. The summed E-state index contributed by atoms with van der Waals surface area (Å²) in [6.07, 6.45) is 6.99. The minimum absolute atomic E-state index is 0.590. The van der Waals surface area contributed by atoms with Gasteiger partial charge in [-0.2, -0.15) is 0 Å². The summed E-state index contributed by atoms with van der Waals surface area (Å²) in [6.45, 7) is 3.27. The van der Waals surface area contributed by atoms with E-state index in [4.69, 9.17) is 4.74 Å². The average molecular weight is 341 g/mol. The highest BCUT2D eigenvalue weighted by atomic mass is 16.5. The summed E-state index contributed by atoms with van der Waals surface area (Å²) >= 11 is 0. The Hall–Kier alpha value is -1.71. The molecule has 4 heteroatoms. The zero-order valence-corrected chi connectivity index (χ0v) is 15.6. The number of likely N-dealkylation sites (tertiary alicyclic amines) is 1. The SMILES string of the molecule is CN=C(NCC(C1CC1)C1CC1)N1CCC(c2ccc(OC)cc2)C1. The van der Waals surface area contributed by atoms with E-state index in [0.29, 0.717) is 5.92 Å². The van der Waals surface area contributed by atoms with E-state index >= 15 is 0 Å². The van der Waals surface area contributed by atoms with Crippen molar-refractivity contribution in [2.24, 2.45) is 22.7 Å². The van der Waals surface area contributed by atoms with Crippen LogP contribution in [0, 0.1) is 17.8 Å². The first kappa shape index (κ1) is 16.7. The molecule has 0 radical (unpaired) electrons. The quantitative estimate of drug-likeness (QED) is 0.636. The third kappa shape index (κ3) is 3.94. The third-order valence-corrected chi connectivity index (χ3v) is 6.24. The van der Waals surface area contributed by atoms with Crippen molar-refractivity contribution in [1.29, 1.82) is 0 Å². The van der Waals surface area contributed by atoms with Crippen LogP contribution in [0.3, 0.4) is 0 Å². The molecule has 3 fully saturated rings. The highest BCUT2D eigenvalue weighted by Gasteiger charge is 2.41. The zero-order chi connectivity index (χ0) is 17.2. The Bertz CT molecular complexity index is 592. The van der Waals surface area contributed by atoms with Gasteiger partial charge in [-0.15, -0.1) is 0 Å². The van der Waals surface area contributed by atoms with Gasteiger partial charge in [0.1, 0.15) is 5.75 Å². The van der Waals surface area contributed by atoms with Crippen LogP contribution in [-0.2, 0) is 0 Å². The lowest BCUT2D eigenvalue weighted by Gasteiger charge is -2.24. The van der Waals surface area contributed by atoms with E-state index in [2.05, 4.69) is 39.5 Å². The van der Waals surface area contributed by atoms with Crippen LogP contribution in [0.15, 0.2) is 29.3 Å². The molecular formula is C21H31N3O. The Labute approximate surface area is 151 Å². The second-order valence-electron chi connectivity index (χ2n) is 7.97. The van der Waals surface area contributed by atoms with Gasteiger partial charge in [0.25, 0.3) is 0 Å². The van der Waals surface area contributed by atoms with Crippen LogP contribution in [-0.4, -0.2) is 44.7 Å². The molecule has 1 N–H and O–H groups in total. The number of nitrogens with one attached hydrogen (secondary N) is 1. The predicted molar refractivity (Wildman–Crippen MR) is 102 cm³/mol. The van der Waals surface area contributed by atoms with Crippen molar-refractivity contribution in [3.63, 3.8) is 0 Å². The minimum Gasteiger partial charge on any atom is -0.497 e. The van der Waals surface area contributed by atoms with Crippen molar-refractivity contribution >= 4 is 5.96 Å². The Balaban J connectivity index is 1.32. The number of benzene rings is 1. The standard InChI is InChI=1S/C21H31N3O/c1-22-21(23-13-20(16-3-4-16)17-5-6-17)24-12-11-18(14-24)15-7-9-19(25-2)10-8-15/h7-10,16-18,20H,3-6,11-14H2,1-2H3,(H,22,23). The smallest absolute Gasteiger partial charge is 0.193 e. The molecule has 4 nitrogen and oxygen atoms in total. The maximum atomic E-state index is 5.27. The van der Waals surface area contributed by atoms with E-state index in [0.717, 1.165) is 49.1 Å². The number of aliphatic imine (C=N–C) groups is 1. The summed E-state index contributed by atoms with van der Waals surface area (Å²) in [6, 6.07) is 8.56. The van der Waals surface area contributed by atoms with Gasteiger partial charge < -0.3 is 15.0 Å². The molecule has 1 atom stereocenters. The lowest BCUT2D eigenvalue weighted by atomic mass is 9.98.